The highest BCUT2D eigenvalue weighted by atomic mass is 79.9. The second kappa shape index (κ2) is 4.54. The predicted octanol–water partition coefficient (Wildman–Crippen LogP) is 0.376. The van der Waals surface area contributed by atoms with Gasteiger partial charge in [0.05, 0.1) is 10.5 Å². The van der Waals surface area contributed by atoms with Crippen molar-refractivity contribution in [1.82, 2.24) is 4.90 Å². The molecule has 1 rings (SSSR count). The van der Waals surface area contributed by atoms with Crippen molar-refractivity contribution in [3.63, 3.8) is 0 Å². The summed E-state index contributed by atoms with van der Waals surface area (Å²) in [5.41, 5.74) is 0. The second-order valence-electron chi connectivity index (χ2n) is 3.64. The molecule has 15 heavy (non-hydrogen) atoms. The lowest BCUT2D eigenvalue weighted by atomic mass is 10.3. The predicted molar refractivity (Wildman–Crippen MR) is 61.1 cm³/mol. The fourth-order valence-electron chi connectivity index (χ4n) is 1.58. The number of halogens is 1. The van der Waals surface area contributed by atoms with Crippen LogP contribution in [0.4, 0.5) is 0 Å². The highest BCUT2D eigenvalue weighted by Gasteiger charge is 2.37. The zero-order valence-corrected chi connectivity index (χ0v) is 10.9. The number of hydrogen-bond acceptors (Lipinski definition) is 3. The second-order valence-corrected chi connectivity index (χ2v) is 6.82. The zero-order chi connectivity index (χ0) is 11.6. The molecule has 0 saturated carbocycles. The summed E-state index contributed by atoms with van der Waals surface area (Å²) < 4.78 is 23.3. The molecule has 0 aromatic heterocycles. The molecule has 0 radical (unpaired) electrons. The van der Waals surface area contributed by atoms with Gasteiger partial charge in [0.1, 0.15) is 0 Å². The van der Waals surface area contributed by atoms with E-state index < -0.39 is 20.3 Å². The Labute approximate surface area is 98.1 Å². The summed E-state index contributed by atoms with van der Waals surface area (Å²) in [4.78, 5) is 15.2. The topological polar surface area (TPSA) is 54.5 Å². The van der Waals surface area contributed by atoms with Gasteiger partial charge < -0.3 is 4.90 Å². The van der Waals surface area contributed by atoms with E-state index in [1.807, 2.05) is 0 Å². The molecule has 1 amide bonds. The van der Waals surface area contributed by atoms with E-state index >= 15 is 0 Å². The number of rotatable bonds is 0. The molecule has 1 heterocycles. The van der Waals surface area contributed by atoms with Crippen LogP contribution in [0, 0.1) is 10.8 Å². The Morgan fingerprint density at radius 1 is 1.33 bits per heavy atom. The Morgan fingerprint density at radius 2 is 1.80 bits per heavy atom. The summed E-state index contributed by atoms with van der Waals surface area (Å²) in [7, 11) is -3.08. The maximum Gasteiger partial charge on any atom is 0.299 e. The largest absolute Gasteiger partial charge is 0.329 e. The third-order valence-electron chi connectivity index (χ3n) is 2.52. The van der Waals surface area contributed by atoms with Crippen molar-refractivity contribution < 1.29 is 13.2 Å². The number of hydrogen-bond donors (Lipinski definition) is 0. The van der Waals surface area contributed by atoms with Crippen molar-refractivity contribution in [2.45, 2.75) is 24.3 Å². The number of sulfone groups is 1. The molecule has 0 bridgehead atoms. The number of carbonyl (C=O) groups is 1. The van der Waals surface area contributed by atoms with E-state index in [0.717, 1.165) is 0 Å². The molecular weight excluding hydrogens is 282 g/mol. The van der Waals surface area contributed by atoms with E-state index in [0.29, 0.717) is 0 Å². The molecule has 1 fully saturated rings. The van der Waals surface area contributed by atoms with Gasteiger partial charge in [0.15, 0.2) is 9.84 Å². The Hall–Kier alpha value is -0.540. The minimum Gasteiger partial charge on any atom is -0.329 e. The average molecular weight is 294 g/mol. The first-order valence-electron chi connectivity index (χ1n) is 4.53. The van der Waals surface area contributed by atoms with E-state index in [2.05, 4.69) is 26.7 Å². The van der Waals surface area contributed by atoms with Gasteiger partial charge in [-0.3, -0.25) is 4.79 Å². The fraction of sp³-hybridized carbons (Fsp3) is 0.667. The molecule has 2 unspecified atom stereocenters. The van der Waals surface area contributed by atoms with Crippen molar-refractivity contribution in [2.75, 3.05) is 13.1 Å². The average Bonchev–Trinajstić information content (AvgIpc) is 2.14. The van der Waals surface area contributed by atoms with Gasteiger partial charge in [-0.1, -0.05) is 0 Å². The molecule has 0 spiro atoms. The summed E-state index contributed by atoms with van der Waals surface area (Å²) >= 11 is 2.84. The summed E-state index contributed by atoms with van der Waals surface area (Å²) in [6.07, 6.45) is 0. The van der Waals surface area contributed by atoms with Crippen LogP contribution in [0.5, 0.6) is 0 Å². The molecule has 1 aliphatic rings. The summed E-state index contributed by atoms with van der Waals surface area (Å²) in [6, 6.07) is 0. The smallest absolute Gasteiger partial charge is 0.299 e. The van der Waals surface area contributed by atoms with E-state index in [9.17, 15) is 13.2 Å². The van der Waals surface area contributed by atoms with Crippen molar-refractivity contribution in [3.05, 3.63) is 0 Å². The van der Waals surface area contributed by atoms with E-state index in [-0.39, 0.29) is 19.0 Å². The van der Waals surface area contributed by atoms with Crippen molar-refractivity contribution >= 4 is 31.7 Å². The first kappa shape index (κ1) is 12.5. The van der Waals surface area contributed by atoms with E-state index in [1.54, 1.807) is 13.8 Å². The molecule has 6 heteroatoms. The number of carbonyl (C=O) groups excluding carboxylic acids is 1. The Morgan fingerprint density at radius 3 is 2.20 bits per heavy atom. The number of nitrogens with zero attached hydrogens (tertiary/aromatic N) is 1. The first-order valence-corrected chi connectivity index (χ1v) is 6.93. The van der Waals surface area contributed by atoms with Gasteiger partial charge in [-0.2, -0.15) is 0 Å². The molecule has 0 aliphatic carbocycles. The molecule has 0 aromatic carbocycles. The zero-order valence-electron chi connectivity index (χ0n) is 8.53. The number of amides is 1. The SMILES string of the molecule is CC1CN(C(=O)C#CBr)CC(C)S1(=O)=O. The molecule has 0 N–H and O–H groups in total. The van der Waals surface area contributed by atoms with Gasteiger partial charge in [-0.25, -0.2) is 8.42 Å². The van der Waals surface area contributed by atoms with Crippen LogP contribution in [0.3, 0.4) is 0 Å². The minimum absolute atomic E-state index is 0.229. The van der Waals surface area contributed by atoms with Crippen LogP contribution in [-0.2, 0) is 14.6 Å². The third-order valence-corrected chi connectivity index (χ3v) is 5.26. The summed E-state index contributed by atoms with van der Waals surface area (Å²) in [6.45, 7) is 3.69. The molecule has 2 atom stereocenters. The maximum atomic E-state index is 11.7. The first-order chi connectivity index (χ1) is 6.89. The van der Waals surface area contributed by atoms with Gasteiger partial charge in [0.25, 0.3) is 5.91 Å². The quantitative estimate of drug-likeness (QED) is 0.607. The lowest BCUT2D eigenvalue weighted by molar-refractivity contribution is -0.125. The van der Waals surface area contributed by atoms with Gasteiger partial charge in [-0.15, -0.1) is 0 Å². The Balaban J connectivity index is 2.85. The van der Waals surface area contributed by atoms with Gasteiger partial charge in [-0.05, 0) is 18.7 Å². The molecule has 1 aliphatic heterocycles. The molecule has 4 nitrogen and oxygen atoms in total. The van der Waals surface area contributed by atoms with Crippen LogP contribution in [0.15, 0.2) is 0 Å². The monoisotopic (exact) mass is 293 g/mol. The van der Waals surface area contributed by atoms with Crippen LogP contribution in [0.1, 0.15) is 13.8 Å². The van der Waals surface area contributed by atoms with Crippen LogP contribution < -0.4 is 0 Å². The van der Waals surface area contributed by atoms with E-state index in [1.165, 1.54) is 4.90 Å². The lowest BCUT2D eigenvalue weighted by Gasteiger charge is -2.33. The normalized spacial score (nSPS) is 29.1. The molecule has 0 aromatic rings. The van der Waals surface area contributed by atoms with Crippen LogP contribution in [-0.4, -0.2) is 42.8 Å². The highest BCUT2D eigenvalue weighted by Crippen LogP contribution is 2.18. The standard InChI is InChI=1S/C9H12BrNO3S/c1-7-5-11(9(12)3-4-10)6-8(2)15(7,13)14/h7-8H,5-6H2,1-2H3. The summed E-state index contributed by atoms with van der Waals surface area (Å²) in [5.74, 6) is 2.01. The van der Waals surface area contributed by atoms with Gasteiger partial charge in [0.2, 0.25) is 0 Å². The van der Waals surface area contributed by atoms with E-state index in [4.69, 9.17) is 0 Å². The Kier molecular flexibility index (Phi) is 3.79. The van der Waals surface area contributed by atoms with Crippen molar-refractivity contribution in [3.8, 4) is 10.8 Å². The fourth-order valence-corrected chi connectivity index (χ4v) is 3.32. The van der Waals surface area contributed by atoms with Gasteiger partial charge >= 0.3 is 0 Å². The highest BCUT2D eigenvalue weighted by molar-refractivity contribution is 9.12. The Bertz CT molecular complexity index is 402. The van der Waals surface area contributed by atoms with Crippen molar-refractivity contribution in [2.24, 2.45) is 0 Å². The maximum absolute atomic E-state index is 11.7. The summed E-state index contributed by atoms with van der Waals surface area (Å²) in [5, 5.41) is -1.02. The minimum atomic E-state index is -3.08. The van der Waals surface area contributed by atoms with Crippen LogP contribution in [0.25, 0.3) is 0 Å². The molecule has 1 saturated heterocycles. The van der Waals surface area contributed by atoms with Crippen molar-refractivity contribution in [1.29, 1.82) is 0 Å². The van der Waals surface area contributed by atoms with Gasteiger partial charge in [0, 0.05) is 34.9 Å². The molecule has 84 valence electrons. The van der Waals surface area contributed by atoms with Crippen LogP contribution >= 0.6 is 15.9 Å². The van der Waals surface area contributed by atoms with Crippen LogP contribution in [0.2, 0.25) is 0 Å². The lowest BCUT2D eigenvalue weighted by Crippen LogP contribution is -2.51. The molecular formula is C9H12BrNO3S. The third kappa shape index (κ3) is 2.52.